The average Bonchev–Trinajstić information content (AvgIpc) is 3.17. The van der Waals surface area contributed by atoms with Crippen LogP contribution in [0.25, 0.3) is 0 Å². The second kappa shape index (κ2) is 8.96. The number of benzene rings is 1. The summed E-state index contributed by atoms with van der Waals surface area (Å²) in [5.41, 5.74) is 1.21. The number of hydrogen-bond donors (Lipinski definition) is 1. The van der Waals surface area contributed by atoms with Gasteiger partial charge in [-0.3, -0.25) is 4.99 Å². The highest BCUT2D eigenvalue weighted by Gasteiger charge is 2.27. The van der Waals surface area contributed by atoms with Crippen molar-refractivity contribution in [3.05, 3.63) is 29.8 Å². The van der Waals surface area contributed by atoms with Crippen molar-refractivity contribution in [2.24, 2.45) is 16.8 Å². The molecule has 2 heterocycles. The molecule has 1 N–H and O–H groups in total. The third-order valence-electron chi connectivity index (χ3n) is 6.09. The van der Waals surface area contributed by atoms with Gasteiger partial charge in [0.15, 0.2) is 5.96 Å². The summed E-state index contributed by atoms with van der Waals surface area (Å²) in [6.45, 7) is 7.69. The molecule has 0 radical (unpaired) electrons. The van der Waals surface area contributed by atoms with Gasteiger partial charge in [-0.25, -0.2) is 0 Å². The van der Waals surface area contributed by atoms with Gasteiger partial charge in [0.25, 0.3) is 0 Å². The molecule has 3 fully saturated rings. The van der Waals surface area contributed by atoms with Gasteiger partial charge in [-0.1, -0.05) is 18.2 Å². The molecular formula is C22H34N4O. The van der Waals surface area contributed by atoms with Crippen molar-refractivity contribution in [1.29, 1.82) is 0 Å². The summed E-state index contributed by atoms with van der Waals surface area (Å²) >= 11 is 0. The van der Waals surface area contributed by atoms with E-state index < -0.39 is 0 Å². The van der Waals surface area contributed by atoms with Crippen molar-refractivity contribution >= 4 is 5.96 Å². The molecular weight excluding hydrogens is 336 g/mol. The molecule has 27 heavy (non-hydrogen) atoms. The molecule has 5 heteroatoms. The van der Waals surface area contributed by atoms with E-state index in [0.717, 1.165) is 49.8 Å². The number of rotatable bonds is 7. The van der Waals surface area contributed by atoms with E-state index in [4.69, 9.17) is 4.74 Å². The van der Waals surface area contributed by atoms with Crippen molar-refractivity contribution in [3.63, 3.8) is 0 Å². The lowest BCUT2D eigenvalue weighted by Crippen LogP contribution is -2.40. The number of para-hydroxylation sites is 1. The van der Waals surface area contributed by atoms with Crippen LogP contribution in [0.1, 0.15) is 37.7 Å². The van der Waals surface area contributed by atoms with Gasteiger partial charge in [0.05, 0.1) is 6.61 Å². The predicted octanol–water partition coefficient (Wildman–Crippen LogP) is 2.97. The summed E-state index contributed by atoms with van der Waals surface area (Å²) in [6.07, 6.45) is 6.67. The molecule has 0 aromatic heterocycles. The summed E-state index contributed by atoms with van der Waals surface area (Å²) in [7, 11) is 1.89. The van der Waals surface area contributed by atoms with E-state index in [-0.39, 0.29) is 0 Å². The van der Waals surface area contributed by atoms with E-state index in [1.54, 1.807) is 0 Å². The van der Waals surface area contributed by atoms with Gasteiger partial charge in [-0.05, 0) is 63.1 Å². The number of ether oxygens (including phenoxy) is 1. The Morgan fingerprint density at radius 3 is 2.70 bits per heavy atom. The van der Waals surface area contributed by atoms with Crippen LogP contribution < -0.4 is 10.1 Å². The first-order valence-electron chi connectivity index (χ1n) is 10.7. The Bertz CT molecular complexity index is 637. The number of aliphatic imine (C=N–C) groups is 1. The maximum Gasteiger partial charge on any atom is 0.193 e. The molecule has 5 nitrogen and oxygen atoms in total. The van der Waals surface area contributed by atoms with Crippen LogP contribution >= 0.6 is 0 Å². The van der Waals surface area contributed by atoms with Gasteiger partial charge in [-0.15, -0.1) is 0 Å². The molecule has 4 rings (SSSR count). The van der Waals surface area contributed by atoms with E-state index in [2.05, 4.69) is 44.4 Å². The van der Waals surface area contributed by atoms with Crippen LogP contribution in [0.5, 0.6) is 5.75 Å². The largest absolute Gasteiger partial charge is 0.493 e. The summed E-state index contributed by atoms with van der Waals surface area (Å²) in [6, 6.07) is 8.39. The summed E-state index contributed by atoms with van der Waals surface area (Å²) in [5.74, 6) is 3.59. The molecule has 0 amide bonds. The van der Waals surface area contributed by atoms with Gasteiger partial charge < -0.3 is 19.9 Å². The predicted molar refractivity (Wildman–Crippen MR) is 110 cm³/mol. The van der Waals surface area contributed by atoms with Crippen LogP contribution in [-0.2, 0) is 6.54 Å². The van der Waals surface area contributed by atoms with Gasteiger partial charge in [0.1, 0.15) is 5.75 Å². The minimum Gasteiger partial charge on any atom is -0.493 e. The molecule has 1 aromatic rings. The molecule has 148 valence electrons. The fourth-order valence-electron chi connectivity index (χ4n) is 4.29. The minimum atomic E-state index is 0.765. The monoisotopic (exact) mass is 370 g/mol. The fraction of sp³-hybridized carbons (Fsp3) is 0.682. The molecule has 0 bridgehead atoms. The Morgan fingerprint density at radius 1 is 1.11 bits per heavy atom. The van der Waals surface area contributed by atoms with Crippen LogP contribution in [0.15, 0.2) is 29.3 Å². The van der Waals surface area contributed by atoms with Gasteiger partial charge in [0, 0.05) is 38.8 Å². The first-order valence-corrected chi connectivity index (χ1v) is 10.7. The number of nitrogens with one attached hydrogen (secondary N) is 1. The topological polar surface area (TPSA) is 40.1 Å². The lowest BCUT2D eigenvalue weighted by Gasteiger charge is -2.23. The maximum absolute atomic E-state index is 6.04. The standard InChI is InChI=1S/C22H34N4O/c1-23-22(26-13-10-19(16-26)15-25-11-4-5-12-25)24-14-20-6-2-3-7-21(20)27-17-18-8-9-18/h2-3,6-7,18-19H,4-5,8-17H2,1H3,(H,23,24). The SMILES string of the molecule is CN=C(NCc1ccccc1OCC1CC1)N1CCC(CN2CCCC2)C1. The van der Waals surface area contributed by atoms with Crippen molar-refractivity contribution in [2.45, 2.75) is 38.6 Å². The van der Waals surface area contributed by atoms with E-state index in [1.807, 2.05) is 7.05 Å². The number of likely N-dealkylation sites (tertiary alicyclic amines) is 2. The fourth-order valence-corrected chi connectivity index (χ4v) is 4.29. The second-order valence-electron chi connectivity index (χ2n) is 8.37. The van der Waals surface area contributed by atoms with Crippen LogP contribution in [0.4, 0.5) is 0 Å². The van der Waals surface area contributed by atoms with Crippen molar-refractivity contribution in [3.8, 4) is 5.75 Å². The Morgan fingerprint density at radius 2 is 1.93 bits per heavy atom. The van der Waals surface area contributed by atoms with Crippen molar-refractivity contribution < 1.29 is 4.74 Å². The third kappa shape index (κ3) is 5.16. The van der Waals surface area contributed by atoms with E-state index in [1.165, 1.54) is 57.3 Å². The number of guanidine groups is 1. The zero-order chi connectivity index (χ0) is 18.5. The smallest absolute Gasteiger partial charge is 0.193 e. The first kappa shape index (κ1) is 18.6. The van der Waals surface area contributed by atoms with E-state index in [0.29, 0.717) is 0 Å². The highest BCUT2D eigenvalue weighted by atomic mass is 16.5. The summed E-state index contributed by atoms with van der Waals surface area (Å²) in [5, 5.41) is 3.57. The van der Waals surface area contributed by atoms with Crippen LogP contribution in [0.2, 0.25) is 0 Å². The summed E-state index contributed by atoms with van der Waals surface area (Å²) < 4.78 is 6.04. The minimum absolute atomic E-state index is 0.765. The van der Waals surface area contributed by atoms with E-state index >= 15 is 0 Å². The maximum atomic E-state index is 6.04. The second-order valence-corrected chi connectivity index (χ2v) is 8.37. The summed E-state index contributed by atoms with van der Waals surface area (Å²) in [4.78, 5) is 9.60. The normalized spacial score (nSPS) is 23.8. The molecule has 1 atom stereocenters. The van der Waals surface area contributed by atoms with Crippen LogP contribution in [0, 0.1) is 11.8 Å². The van der Waals surface area contributed by atoms with Gasteiger partial charge in [-0.2, -0.15) is 0 Å². The van der Waals surface area contributed by atoms with Crippen molar-refractivity contribution in [1.82, 2.24) is 15.1 Å². The Kier molecular flexibility index (Phi) is 6.17. The lowest BCUT2D eigenvalue weighted by atomic mass is 10.1. The van der Waals surface area contributed by atoms with Crippen molar-refractivity contribution in [2.75, 3.05) is 46.4 Å². The third-order valence-corrected chi connectivity index (χ3v) is 6.09. The average molecular weight is 371 g/mol. The number of nitrogens with zero attached hydrogens (tertiary/aromatic N) is 3. The zero-order valence-electron chi connectivity index (χ0n) is 16.7. The molecule has 1 aliphatic carbocycles. The first-order chi connectivity index (χ1) is 13.3. The Labute approximate surface area is 163 Å². The Balaban J connectivity index is 1.28. The Hall–Kier alpha value is -1.75. The highest BCUT2D eigenvalue weighted by Crippen LogP contribution is 2.30. The quantitative estimate of drug-likeness (QED) is 0.592. The van der Waals surface area contributed by atoms with Crippen LogP contribution in [0.3, 0.4) is 0 Å². The molecule has 2 aliphatic heterocycles. The highest BCUT2D eigenvalue weighted by molar-refractivity contribution is 5.80. The molecule has 1 saturated carbocycles. The molecule has 1 unspecified atom stereocenters. The molecule has 3 aliphatic rings. The van der Waals surface area contributed by atoms with E-state index in [9.17, 15) is 0 Å². The molecule has 1 aromatic carbocycles. The lowest BCUT2D eigenvalue weighted by molar-refractivity contribution is 0.281. The van der Waals surface area contributed by atoms with Gasteiger partial charge >= 0.3 is 0 Å². The van der Waals surface area contributed by atoms with Crippen LogP contribution in [-0.4, -0.2) is 62.1 Å². The number of hydrogen-bond acceptors (Lipinski definition) is 3. The molecule has 0 spiro atoms. The zero-order valence-corrected chi connectivity index (χ0v) is 16.7. The molecule has 2 saturated heterocycles. The van der Waals surface area contributed by atoms with Gasteiger partial charge in [0.2, 0.25) is 0 Å².